The van der Waals surface area contributed by atoms with Gasteiger partial charge in [0.2, 0.25) is 5.89 Å². The van der Waals surface area contributed by atoms with E-state index in [4.69, 9.17) is 9.15 Å². The SMILES string of the molecule is CCCC(C)Oc1ccc(-c2ncco2)nc1. The molecule has 0 aliphatic heterocycles. The van der Waals surface area contributed by atoms with Crippen molar-refractivity contribution in [2.24, 2.45) is 0 Å². The van der Waals surface area contributed by atoms with Crippen LogP contribution in [0.1, 0.15) is 26.7 Å². The summed E-state index contributed by atoms with van der Waals surface area (Å²) in [4.78, 5) is 8.29. The maximum Gasteiger partial charge on any atom is 0.244 e. The lowest BCUT2D eigenvalue weighted by atomic mass is 10.2. The molecule has 2 aromatic heterocycles. The number of pyridine rings is 1. The zero-order chi connectivity index (χ0) is 12.1. The van der Waals surface area contributed by atoms with Crippen molar-refractivity contribution in [3.63, 3.8) is 0 Å². The average molecular weight is 232 g/mol. The maximum atomic E-state index is 5.71. The number of oxazole rings is 1. The van der Waals surface area contributed by atoms with E-state index in [1.807, 2.05) is 12.1 Å². The molecule has 0 aliphatic carbocycles. The van der Waals surface area contributed by atoms with Crippen LogP contribution in [0, 0.1) is 0 Å². The zero-order valence-corrected chi connectivity index (χ0v) is 10.1. The molecule has 0 aliphatic rings. The van der Waals surface area contributed by atoms with Crippen molar-refractivity contribution in [3.8, 4) is 17.3 Å². The lowest BCUT2D eigenvalue weighted by Gasteiger charge is -2.13. The number of nitrogens with zero attached hydrogens (tertiary/aromatic N) is 2. The largest absolute Gasteiger partial charge is 0.489 e. The second-order valence-electron chi connectivity index (χ2n) is 3.93. The Balaban J connectivity index is 2.03. The van der Waals surface area contributed by atoms with Gasteiger partial charge in [0.1, 0.15) is 17.7 Å². The van der Waals surface area contributed by atoms with Crippen LogP contribution in [0.2, 0.25) is 0 Å². The van der Waals surface area contributed by atoms with Crippen molar-refractivity contribution < 1.29 is 9.15 Å². The molecule has 0 amide bonds. The molecule has 4 nitrogen and oxygen atoms in total. The van der Waals surface area contributed by atoms with E-state index in [1.54, 1.807) is 12.4 Å². The fraction of sp³-hybridized carbons (Fsp3) is 0.385. The predicted molar refractivity (Wildman–Crippen MR) is 64.7 cm³/mol. The summed E-state index contributed by atoms with van der Waals surface area (Å²) in [5.74, 6) is 1.31. The van der Waals surface area contributed by atoms with Crippen LogP contribution in [0.5, 0.6) is 5.75 Å². The minimum Gasteiger partial charge on any atom is -0.489 e. The molecule has 90 valence electrons. The fourth-order valence-corrected chi connectivity index (χ4v) is 1.62. The molecule has 0 spiro atoms. The van der Waals surface area contributed by atoms with Crippen molar-refractivity contribution in [1.82, 2.24) is 9.97 Å². The van der Waals surface area contributed by atoms with Gasteiger partial charge in [-0.3, -0.25) is 0 Å². The molecule has 0 aromatic carbocycles. The lowest BCUT2D eigenvalue weighted by Crippen LogP contribution is -2.10. The summed E-state index contributed by atoms with van der Waals surface area (Å²) < 4.78 is 10.9. The van der Waals surface area contributed by atoms with Crippen LogP contribution < -0.4 is 4.74 Å². The molecule has 17 heavy (non-hydrogen) atoms. The minimum atomic E-state index is 0.217. The van der Waals surface area contributed by atoms with E-state index in [9.17, 15) is 0 Å². The highest BCUT2D eigenvalue weighted by molar-refractivity contribution is 5.47. The number of aromatic nitrogens is 2. The number of rotatable bonds is 5. The van der Waals surface area contributed by atoms with Gasteiger partial charge in [-0.25, -0.2) is 9.97 Å². The molecule has 0 saturated carbocycles. The van der Waals surface area contributed by atoms with Crippen LogP contribution in [-0.4, -0.2) is 16.1 Å². The molecule has 0 saturated heterocycles. The first-order valence-electron chi connectivity index (χ1n) is 5.82. The van der Waals surface area contributed by atoms with Crippen molar-refractivity contribution >= 4 is 0 Å². The predicted octanol–water partition coefficient (Wildman–Crippen LogP) is 3.30. The Labute approximate surface area is 101 Å². The number of ether oxygens (including phenoxy) is 1. The van der Waals surface area contributed by atoms with Crippen LogP contribution in [0.15, 0.2) is 35.2 Å². The van der Waals surface area contributed by atoms with Crippen LogP contribution in [0.25, 0.3) is 11.6 Å². The summed E-state index contributed by atoms with van der Waals surface area (Å²) in [5, 5.41) is 0. The van der Waals surface area contributed by atoms with Crippen LogP contribution >= 0.6 is 0 Å². The second-order valence-corrected chi connectivity index (χ2v) is 3.93. The van der Waals surface area contributed by atoms with Gasteiger partial charge in [0.05, 0.1) is 18.5 Å². The first-order valence-corrected chi connectivity index (χ1v) is 5.82. The minimum absolute atomic E-state index is 0.217. The normalized spacial score (nSPS) is 12.4. The van der Waals surface area contributed by atoms with Gasteiger partial charge in [0, 0.05) is 0 Å². The molecule has 2 rings (SSSR count). The number of hydrogen-bond acceptors (Lipinski definition) is 4. The smallest absolute Gasteiger partial charge is 0.244 e. The monoisotopic (exact) mass is 232 g/mol. The van der Waals surface area contributed by atoms with E-state index in [0.29, 0.717) is 11.6 Å². The molecular weight excluding hydrogens is 216 g/mol. The third-order valence-electron chi connectivity index (χ3n) is 2.42. The Morgan fingerprint density at radius 1 is 1.35 bits per heavy atom. The number of hydrogen-bond donors (Lipinski definition) is 0. The van der Waals surface area contributed by atoms with Gasteiger partial charge < -0.3 is 9.15 Å². The van der Waals surface area contributed by atoms with Crippen molar-refractivity contribution in [2.45, 2.75) is 32.8 Å². The highest BCUT2D eigenvalue weighted by Gasteiger charge is 2.06. The van der Waals surface area contributed by atoms with E-state index < -0.39 is 0 Å². The van der Waals surface area contributed by atoms with Crippen LogP contribution in [0.3, 0.4) is 0 Å². The topological polar surface area (TPSA) is 48.2 Å². The summed E-state index contributed by atoms with van der Waals surface area (Å²) in [5.41, 5.74) is 0.713. The molecular formula is C13H16N2O2. The Morgan fingerprint density at radius 2 is 2.24 bits per heavy atom. The third kappa shape index (κ3) is 3.06. The molecule has 4 heteroatoms. The molecule has 0 N–H and O–H groups in total. The molecule has 1 atom stereocenters. The van der Waals surface area contributed by atoms with E-state index >= 15 is 0 Å². The molecule has 1 unspecified atom stereocenters. The summed E-state index contributed by atoms with van der Waals surface area (Å²) in [7, 11) is 0. The van der Waals surface area contributed by atoms with Gasteiger partial charge in [-0.2, -0.15) is 0 Å². The Kier molecular flexibility index (Phi) is 3.75. The first kappa shape index (κ1) is 11.6. The Hall–Kier alpha value is -1.84. The van der Waals surface area contributed by atoms with Crippen molar-refractivity contribution in [2.75, 3.05) is 0 Å². The van der Waals surface area contributed by atoms with E-state index in [0.717, 1.165) is 18.6 Å². The molecule has 2 aromatic rings. The first-order chi connectivity index (χ1) is 8.29. The van der Waals surface area contributed by atoms with Crippen LogP contribution in [0.4, 0.5) is 0 Å². The zero-order valence-electron chi connectivity index (χ0n) is 10.1. The quantitative estimate of drug-likeness (QED) is 0.793. The van der Waals surface area contributed by atoms with E-state index in [1.165, 1.54) is 6.26 Å². The van der Waals surface area contributed by atoms with Gasteiger partial charge in [0.15, 0.2) is 0 Å². The van der Waals surface area contributed by atoms with E-state index in [-0.39, 0.29) is 6.10 Å². The Morgan fingerprint density at radius 3 is 2.82 bits per heavy atom. The van der Waals surface area contributed by atoms with Gasteiger partial charge in [-0.15, -0.1) is 0 Å². The fourth-order valence-electron chi connectivity index (χ4n) is 1.62. The highest BCUT2D eigenvalue weighted by atomic mass is 16.5. The van der Waals surface area contributed by atoms with Gasteiger partial charge in [-0.1, -0.05) is 13.3 Å². The molecule has 0 radical (unpaired) electrons. The lowest BCUT2D eigenvalue weighted by molar-refractivity contribution is 0.209. The average Bonchev–Trinajstić information content (AvgIpc) is 2.84. The van der Waals surface area contributed by atoms with Crippen LogP contribution in [-0.2, 0) is 0 Å². The maximum absolute atomic E-state index is 5.71. The summed E-state index contributed by atoms with van der Waals surface area (Å²) in [6.45, 7) is 4.20. The van der Waals surface area contributed by atoms with Crippen molar-refractivity contribution in [3.05, 3.63) is 30.8 Å². The Bertz CT molecular complexity index is 437. The molecule has 0 bridgehead atoms. The van der Waals surface area contributed by atoms with Gasteiger partial charge in [-0.05, 0) is 25.5 Å². The third-order valence-corrected chi connectivity index (χ3v) is 2.42. The molecule has 2 heterocycles. The summed E-state index contributed by atoms with van der Waals surface area (Å²) >= 11 is 0. The van der Waals surface area contributed by atoms with Crippen molar-refractivity contribution in [1.29, 1.82) is 0 Å². The van der Waals surface area contributed by atoms with Gasteiger partial charge in [0.25, 0.3) is 0 Å². The summed E-state index contributed by atoms with van der Waals surface area (Å²) in [6, 6.07) is 3.73. The standard InChI is InChI=1S/C13H16N2O2/c1-3-4-10(2)17-11-5-6-12(15-9-11)13-14-7-8-16-13/h5-10H,3-4H2,1-2H3. The second kappa shape index (κ2) is 5.48. The van der Waals surface area contributed by atoms with E-state index in [2.05, 4.69) is 23.8 Å². The highest BCUT2D eigenvalue weighted by Crippen LogP contribution is 2.18. The van der Waals surface area contributed by atoms with Gasteiger partial charge >= 0.3 is 0 Å². The summed E-state index contributed by atoms with van der Waals surface area (Å²) in [6.07, 6.45) is 7.21. The molecule has 0 fully saturated rings.